The van der Waals surface area contributed by atoms with E-state index in [1.54, 1.807) is 6.92 Å². The highest BCUT2D eigenvalue weighted by atomic mass is 16.4. The standard InChI is InChI=1S/C13H24N2O3/c1-3-11(13(17)18)15-12(16)7-9(2)10-5-4-6-14-8-10/h9-11,14H,3-8H2,1-2H3,(H,15,16)(H,17,18). The normalized spacial score (nSPS) is 23.1. The molecule has 3 atom stereocenters. The third kappa shape index (κ3) is 4.64. The Balaban J connectivity index is 2.36. The van der Waals surface area contributed by atoms with Crippen LogP contribution >= 0.6 is 0 Å². The zero-order valence-electron chi connectivity index (χ0n) is 11.2. The van der Waals surface area contributed by atoms with E-state index in [2.05, 4.69) is 17.6 Å². The summed E-state index contributed by atoms with van der Waals surface area (Å²) < 4.78 is 0. The van der Waals surface area contributed by atoms with Crippen LogP contribution in [-0.4, -0.2) is 36.1 Å². The number of nitrogens with one attached hydrogen (secondary N) is 2. The van der Waals surface area contributed by atoms with Gasteiger partial charge in [0.2, 0.25) is 5.91 Å². The smallest absolute Gasteiger partial charge is 0.326 e. The average Bonchev–Trinajstić information content (AvgIpc) is 2.36. The van der Waals surface area contributed by atoms with E-state index >= 15 is 0 Å². The SMILES string of the molecule is CCC(NC(=O)CC(C)C1CCCNC1)C(=O)O. The third-order valence-corrected chi connectivity index (χ3v) is 3.69. The van der Waals surface area contributed by atoms with Crippen LogP contribution in [0.1, 0.15) is 39.5 Å². The number of carbonyl (C=O) groups is 2. The van der Waals surface area contributed by atoms with E-state index in [4.69, 9.17) is 5.11 Å². The topological polar surface area (TPSA) is 78.4 Å². The van der Waals surface area contributed by atoms with Gasteiger partial charge in [0, 0.05) is 6.42 Å². The molecule has 3 N–H and O–H groups in total. The highest BCUT2D eigenvalue weighted by molar-refractivity contribution is 5.83. The molecule has 1 aliphatic heterocycles. The van der Waals surface area contributed by atoms with E-state index < -0.39 is 12.0 Å². The van der Waals surface area contributed by atoms with Gasteiger partial charge in [-0.25, -0.2) is 4.79 Å². The highest BCUT2D eigenvalue weighted by Gasteiger charge is 2.24. The molecule has 0 bridgehead atoms. The van der Waals surface area contributed by atoms with Gasteiger partial charge in [-0.3, -0.25) is 4.79 Å². The van der Waals surface area contributed by atoms with Crippen molar-refractivity contribution in [2.45, 2.75) is 45.6 Å². The lowest BCUT2D eigenvalue weighted by molar-refractivity contribution is -0.142. The molecule has 18 heavy (non-hydrogen) atoms. The van der Waals surface area contributed by atoms with Gasteiger partial charge in [-0.1, -0.05) is 13.8 Å². The molecule has 0 saturated carbocycles. The molecule has 3 unspecified atom stereocenters. The number of hydrogen-bond donors (Lipinski definition) is 3. The number of carbonyl (C=O) groups excluding carboxylic acids is 1. The minimum absolute atomic E-state index is 0.151. The van der Waals surface area contributed by atoms with Crippen molar-refractivity contribution in [3.63, 3.8) is 0 Å². The maximum absolute atomic E-state index is 11.8. The number of hydrogen-bond acceptors (Lipinski definition) is 3. The summed E-state index contributed by atoms with van der Waals surface area (Å²) in [5.74, 6) is -0.293. The van der Waals surface area contributed by atoms with E-state index in [1.165, 1.54) is 0 Å². The Labute approximate surface area is 108 Å². The zero-order valence-corrected chi connectivity index (χ0v) is 11.2. The summed E-state index contributed by atoms with van der Waals surface area (Å²) in [5.41, 5.74) is 0. The molecule has 1 saturated heterocycles. The molecule has 1 rings (SSSR count). The van der Waals surface area contributed by atoms with Crippen LogP contribution in [0.5, 0.6) is 0 Å². The van der Waals surface area contributed by atoms with Crippen LogP contribution in [0.25, 0.3) is 0 Å². The van der Waals surface area contributed by atoms with Gasteiger partial charge < -0.3 is 15.7 Å². The lowest BCUT2D eigenvalue weighted by atomic mass is 9.85. The summed E-state index contributed by atoms with van der Waals surface area (Å²) in [7, 11) is 0. The number of amides is 1. The first-order valence-electron chi connectivity index (χ1n) is 6.77. The van der Waals surface area contributed by atoms with Crippen LogP contribution in [0.2, 0.25) is 0 Å². The van der Waals surface area contributed by atoms with Crippen LogP contribution in [-0.2, 0) is 9.59 Å². The highest BCUT2D eigenvalue weighted by Crippen LogP contribution is 2.22. The van der Waals surface area contributed by atoms with Crippen LogP contribution in [0.15, 0.2) is 0 Å². The van der Waals surface area contributed by atoms with Crippen LogP contribution in [0.4, 0.5) is 0 Å². The molecule has 0 spiro atoms. The number of carboxylic acids is 1. The molecule has 1 heterocycles. The quantitative estimate of drug-likeness (QED) is 0.662. The first-order valence-corrected chi connectivity index (χ1v) is 6.77. The number of piperidine rings is 1. The van der Waals surface area contributed by atoms with Crippen LogP contribution < -0.4 is 10.6 Å². The van der Waals surface area contributed by atoms with E-state index in [-0.39, 0.29) is 5.91 Å². The summed E-state index contributed by atoms with van der Waals surface area (Å²) in [6, 6.07) is -0.755. The molecular formula is C13H24N2O3. The second-order valence-corrected chi connectivity index (χ2v) is 5.15. The maximum Gasteiger partial charge on any atom is 0.326 e. The Kier molecular flexibility index (Phi) is 6.12. The molecule has 0 aromatic carbocycles. The molecule has 0 radical (unpaired) electrons. The van der Waals surface area contributed by atoms with Gasteiger partial charge >= 0.3 is 5.97 Å². The van der Waals surface area contributed by atoms with Gasteiger partial charge in [0.15, 0.2) is 0 Å². The van der Waals surface area contributed by atoms with Crippen molar-refractivity contribution >= 4 is 11.9 Å². The number of aliphatic carboxylic acids is 1. The van der Waals surface area contributed by atoms with Crippen molar-refractivity contribution < 1.29 is 14.7 Å². The maximum atomic E-state index is 11.8. The van der Waals surface area contributed by atoms with Crippen molar-refractivity contribution in [1.29, 1.82) is 0 Å². The van der Waals surface area contributed by atoms with Crippen molar-refractivity contribution in [2.24, 2.45) is 11.8 Å². The molecular weight excluding hydrogens is 232 g/mol. The third-order valence-electron chi connectivity index (χ3n) is 3.69. The predicted molar refractivity (Wildman–Crippen MR) is 69.2 cm³/mol. The average molecular weight is 256 g/mol. The van der Waals surface area contributed by atoms with Gasteiger partial charge in [-0.2, -0.15) is 0 Å². The Hall–Kier alpha value is -1.10. The van der Waals surface area contributed by atoms with Gasteiger partial charge in [0.25, 0.3) is 0 Å². The first-order chi connectivity index (χ1) is 8.54. The molecule has 5 heteroatoms. The molecule has 104 valence electrons. The number of rotatable bonds is 6. The van der Waals surface area contributed by atoms with Crippen molar-refractivity contribution in [3.05, 3.63) is 0 Å². The second kappa shape index (κ2) is 7.36. The lowest BCUT2D eigenvalue weighted by Crippen LogP contribution is -2.42. The zero-order chi connectivity index (χ0) is 13.5. The fraction of sp³-hybridized carbons (Fsp3) is 0.846. The summed E-state index contributed by atoms with van der Waals surface area (Å²) in [6.45, 7) is 5.85. The fourth-order valence-electron chi connectivity index (χ4n) is 2.42. The van der Waals surface area contributed by atoms with E-state index in [9.17, 15) is 9.59 Å². The summed E-state index contributed by atoms with van der Waals surface area (Å²) in [4.78, 5) is 22.6. The van der Waals surface area contributed by atoms with Crippen molar-refractivity contribution in [1.82, 2.24) is 10.6 Å². The van der Waals surface area contributed by atoms with E-state index in [1.807, 2.05) is 0 Å². The van der Waals surface area contributed by atoms with Crippen molar-refractivity contribution in [3.8, 4) is 0 Å². The lowest BCUT2D eigenvalue weighted by Gasteiger charge is -2.28. The van der Waals surface area contributed by atoms with Gasteiger partial charge in [0.1, 0.15) is 6.04 Å². The molecule has 0 aliphatic carbocycles. The van der Waals surface area contributed by atoms with Crippen LogP contribution in [0, 0.1) is 11.8 Å². The Morgan fingerprint density at radius 3 is 2.72 bits per heavy atom. The summed E-state index contributed by atoms with van der Waals surface area (Å²) in [5, 5.41) is 14.8. The molecule has 1 aliphatic rings. The molecule has 0 aromatic heterocycles. The summed E-state index contributed by atoms with van der Waals surface area (Å²) >= 11 is 0. The van der Waals surface area contributed by atoms with E-state index in [0.29, 0.717) is 24.7 Å². The van der Waals surface area contributed by atoms with Crippen LogP contribution in [0.3, 0.4) is 0 Å². The molecule has 1 fully saturated rings. The summed E-state index contributed by atoms with van der Waals surface area (Å²) in [6.07, 6.45) is 3.14. The molecule has 1 amide bonds. The molecule has 5 nitrogen and oxygen atoms in total. The van der Waals surface area contributed by atoms with Gasteiger partial charge in [0.05, 0.1) is 0 Å². The Bertz CT molecular complexity index is 288. The second-order valence-electron chi connectivity index (χ2n) is 5.15. The van der Waals surface area contributed by atoms with Gasteiger partial charge in [-0.05, 0) is 44.2 Å². The minimum Gasteiger partial charge on any atom is -0.480 e. The van der Waals surface area contributed by atoms with E-state index in [0.717, 1.165) is 25.9 Å². The fourth-order valence-corrected chi connectivity index (χ4v) is 2.42. The molecule has 0 aromatic rings. The largest absolute Gasteiger partial charge is 0.480 e. The van der Waals surface area contributed by atoms with Crippen molar-refractivity contribution in [2.75, 3.05) is 13.1 Å². The first kappa shape index (κ1) is 15.0. The minimum atomic E-state index is -0.960. The Morgan fingerprint density at radius 1 is 1.50 bits per heavy atom. The predicted octanol–water partition coefficient (Wildman–Crippen LogP) is 0.992. The number of carboxylic acid groups (broad SMARTS) is 1. The Morgan fingerprint density at radius 2 is 2.22 bits per heavy atom. The monoisotopic (exact) mass is 256 g/mol. The van der Waals surface area contributed by atoms with Gasteiger partial charge in [-0.15, -0.1) is 0 Å².